The Bertz CT molecular complexity index is 1130. The number of amides is 1. The topological polar surface area (TPSA) is 92.3 Å². The van der Waals surface area contributed by atoms with Crippen molar-refractivity contribution in [3.8, 4) is 0 Å². The molecule has 2 N–H and O–H groups in total. The average Bonchev–Trinajstić information content (AvgIpc) is 2.74. The van der Waals surface area contributed by atoms with E-state index in [9.17, 15) is 22.4 Å². The van der Waals surface area contributed by atoms with E-state index in [0.717, 1.165) is 12.1 Å². The van der Waals surface area contributed by atoms with Crippen molar-refractivity contribution in [3.05, 3.63) is 90.2 Å². The Morgan fingerprint density at radius 3 is 2.00 bits per heavy atom. The maximum Gasteiger partial charge on any atom is 0.261 e. The van der Waals surface area contributed by atoms with E-state index in [4.69, 9.17) is 0 Å². The Morgan fingerprint density at radius 2 is 1.37 bits per heavy atom. The molecule has 6 nitrogen and oxygen atoms in total. The van der Waals surface area contributed by atoms with Crippen LogP contribution in [0.4, 0.5) is 15.8 Å². The van der Waals surface area contributed by atoms with Gasteiger partial charge in [-0.1, -0.05) is 30.3 Å². The minimum Gasteiger partial charge on any atom is -0.326 e. The average molecular weight is 426 g/mol. The summed E-state index contributed by atoms with van der Waals surface area (Å²) >= 11 is 0. The molecule has 0 aliphatic carbocycles. The summed E-state index contributed by atoms with van der Waals surface area (Å²) in [6.45, 7) is 0. The molecule has 0 aromatic heterocycles. The van der Waals surface area contributed by atoms with Gasteiger partial charge in [-0.05, 0) is 48.5 Å². The summed E-state index contributed by atoms with van der Waals surface area (Å²) in [6, 6.07) is 19.3. The van der Waals surface area contributed by atoms with Gasteiger partial charge in [-0.3, -0.25) is 14.3 Å². The lowest BCUT2D eigenvalue weighted by molar-refractivity contribution is -0.116. The van der Waals surface area contributed by atoms with Crippen molar-refractivity contribution < 1.29 is 22.4 Å². The van der Waals surface area contributed by atoms with Gasteiger partial charge in [0, 0.05) is 29.8 Å². The standard InChI is InChI=1S/C22H19FN2O4S/c23-17-6-12-20(13-7-17)30(28,29)25-19-10-8-18(9-11-19)24-22(27)15-14-21(26)16-4-2-1-3-5-16/h1-13,25H,14-15H2,(H,24,27). The lowest BCUT2D eigenvalue weighted by Crippen LogP contribution is -2.14. The van der Waals surface area contributed by atoms with Gasteiger partial charge in [0.05, 0.1) is 4.90 Å². The second kappa shape index (κ2) is 9.32. The van der Waals surface area contributed by atoms with Gasteiger partial charge in [-0.25, -0.2) is 12.8 Å². The van der Waals surface area contributed by atoms with Gasteiger partial charge >= 0.3 is 0 Å². The van der Waals surface area contributed by atoms with E-state index in [1.807, 2.05) is 6.07 Å². The van der Waals surface area contributed by atoms with Crippen molar-refractivity contribution in [1.29, 1.82) is 0 Å². The Balaban J connectivity index is 1.54. The quantitative estimate of drug-likeness (QED) is 0.527. The number of benzene rings is 3. The predicted molar refractivity (Wildman–Crippen MR) is 112 cm³/mol. The summed E-state index contributed by atoms with van der Waals surface area (Å²) in [4.78, 5) is 24.1. The first-order chi connectivity index (χ1) is 14.3. The molecule has 0 heterocycles. The fraction of sp³-hybridized carbons (Fsp3) is 0.0909. The fourth-order valence-corrected chi connectivity index (χ4v) is 3.73. The number of carbonyl (C=O) groups is 2. The van der Waals surface area contributed by atoms with Crippen molar-refractivity contribution in [1.82, 2.24) is 0 Å². The summed E-state index contributed by atoms with van der Waals surface area (Å²) in [5.41, 5.74) is 1.32. The lowest BCUT2D eigenvalue weighted by Gasteiger charge is -2.10. The van der Waals surface area contributed by atoms with E-state index in [0.29, 0.717) is 11.3 Å². The second-order valence-corrected chi connectivity index (χ2v) is 8.16. The Kier molecular flexibility index (Phi) is 6.58. The second-order valence-electron chi connectivity index (χ2n) is 6.47. The van der Waals surface area contributed by atoms with Crippen molar-refractivity contribution in [2.24, 2.45) is 0 Å². The number of rotatable bonds is 8. The van der Waals surface area contributed by atoms with Crippen LogP contribution < -0.4 is 10.0 Å². The van der Waals surface area contributed by atoms with Crippen LogP contribution in [-0.2, 0) is 14.8 Å². The lowest BCUT2D eigenvalue weighted by atomic mass is 10.1. The summed E-state index contributed by atoms with van der Waals surface area (Å²) in [5, 5.41) is 2.67. The highest BCUT2D eigenvalue weighted by Crippen LogP contribution is 2.19. The Morgan fingerprint density at radius 1 is 0.767 bits per heavy atom. The molecule has 0 aliphatic heterocycles. The summed E-state index contributed by atoms with van der Waals surface area (Å²) in [7, 11) is -3.85. The van der Waals surface area contributed by atoms with E-state index in [-0.39, 0.29) is 35.1 Å². The number of ketones is 1. The highest BCUT2D eigenvalue weighted by Gasteiger charge is 2.14. The zero-order valence-corrected chi connectivity index (χ0v) is 16.7. The predicted octanol–water partition coefficient (Wildman–Crippen LogP) is 4.23. The monoisotopic (exact) mass is 426 g/mol. The highest BCUT2D eigenvalue weighted by molar-refractivity contribution is 7.92. The smallest absolute Gasteiger partial charge is 0.261 e. The van der Waals surface area contributed by atoms with E-state index >= 15 is 0 Å². The summed E-state index contributed by atoms with van der Waals surface area (Å²) in [5.74, 6) is -0.963. The molecule has 0 atom stereocenters. The van der Waals surface area contributed by atoms with E-state index in [1.54, 1.807) is 36.4 Å². The number of nitrogens with one attached hydrogen (secondary N) is 2. The van der Waals surface area contributed by atoms with Crippen LogP contribution in [-0.4, -0.2) is 20.1 Å². The van der Waals surface area contributed by atoms with Crippen LogP contribution in [0.15, 0.2) is 83.8 Å². The van der Waals surface area contributed by atoms with Crippen LogP contribution in [0.25, 0.3) is 0 Å². The third-order valence-corrected chi connectivity index (χ3v) is 5.62. The zero-order chi connectivity index (χ0) is 21.6. The van der Waals surface area contributed by atoms with Gasteiger partial charge in [-0.2, -0.15) is 0 Å². The van der Waals surface area contributed by atoms with Crippen LogP contribution in [0.5, 0.6) is 0 Å². The van der Waals surface area contributed by atoms with Gasteiger partial charge < -0.3 is 5.32 Å². The van der Waals surface area contributed by atoms with Gasteiger partial charge in [0.25, 0.3) is 10.0 Å². The van der Waals surface area contributed by atoms with Gasteiger partial charge in [0.1, 0.15) is 5.82 Å². The van der Waals surface area contributed by atoms with Crippen LogP contribution >= 0.6 is 0 Å². The molecule has 0 unspecified atom stereocenters. The molecule has 0 saturated heterocycles. The Hall–Kier alpha value is -3.52. The molecule has 3 aromatic carbocycles. The molecule has 0 bridgehead atoms. The molecule has 0 spiro atoms. The summed E-state index contributed by atoms with van der Waals surface area (Å²) < 4.78 is 40.0. The highest BCUT2D eigenvalue weighted by atomic mass is 32.2. The van der Waals surface area contributed by atoms with Gasteiger partial charge in [0.15, 0.2) is 5.78 Å². The first-order valence-corrected chi connectivity index (χ1v) is 10.6. The van der Waals surface area contributed by atoms with Crippen molar-refractivity contribution >= 4 is 33.1 Å². The van der Waals surface area contributed by atoms with Gasteiger partial charge in [0.2, 0.25) is 5.91 Å². The first-order valence-electron chi connectivity index (χ1n) is 9.10. The zero-order valence-electron chi connectivity index (χ0n) is 15.8. The van der Waals surface area contributed by atoms with E-state index in [1.165, 1.54) is 24.3 Å². The number of halogens is 1. The molecule has 1 amide bonds. The molecule has 30 heavy (non-hydrogen) atoms. The molecule has 0 saturated carbocycles. The SMILES string of the molecule is O=C(CCC(=O)c1ccccc1)Nc1ccc(NS(=O)(=O)c2ccc(F)cc2)cc1. The number of sulfonamides is 1. The largest absolute Gasteiger partial charge is 0.326 e. The van der Waals surface area contributed by atoms with E-state index in [2.05, 4.69) is 10.0 Å². The first kappa shape index (κ1) is 21.2. The number of anilines is 2. The molecular weight excluding hydrogens is 407 g/mol. The molecule has 3 aromatic rings. The van der Waals surface area contributed by atoms with Gasteiger partial charge in [-0.15, -0.1) is 0 Å². The Labute approximate surface area is 173 Å². The van der Waals surface area contributed by atoms with E-state index < -0.39 is 15.8 Å². The van der Waals surface area contributed by atoms with Crippen LogP contribution in [0.1, 0.15) is 23.2 Å². The molecule has 0 aliphatic rings. The molecular formula is C22H19FN2O4S. The molecule has 0 radical (unpaired) electrons. The molecule has 0 fully saturated rings. The fourth-order valence-electron chi connectivity index (χ4n) is 2.67. The minimum absolute atomic E-state index is 0.0344. The molecule has 154 valence electrons. The third kappa shape index (κ3) is 5.74. The maximum absolute atomic E-state index is 13.0. The van der Waals surface area contributed by atoms with Crippen molar-refractivity contribution in [3.63, 3.8) is 0 Å². The number of hydrogen-bond acceptors (Lipinski definition) is 4. The molecule has 3 rings (SSSR count). The number of carbonyl (C=O) groups excluding carboxylic acids is 2. The van der Waals surface area contributed by atoms with Crippen LogP contribution in [0, 0.1) is 5.82 Å². The van der Waals surface area contributed by atoms with Crippen molar-refractivity contribution in [2.45, 2.75) is 17.7 Å². The third-order valence-electron chi connectivity index (χ3n) is 4.22. The summed E-state index contributed by atoms with van der Waals surface area (Å²) in [6.07, 6.45) is 0.123. The van der Waals surface area contributed by atoms with Crippen molar-refractivity contribution in [2.75, 3.05) is 10.0 Å². The normalized spacial score (nSPS) is 11.0. The molecule has 8 heteroatoms. The maximum atomic E-state index is 13.0. The van der Waals surface area contributed by atoms with Crippen LogP contribution in [0.3, 0.4) is 0 Å². The number of Topliss-reactive ketones (excluding diaryl/α,β-unsaturated/α-hetero) is 1. The number of hydrogen-bond donors (Lipinski definition) is 2. The minimum atomic E-state index is -3.85. The van der Waals surface area contributed by atoms with Crippen LogP contribution in [0.2, 0.25) is 0 Å².